The largest absolute Gasteiger partial charge is 0.382 e. The van der Waals surface area contributed by atoms with Gasteiger partial charge in [-0.05, 0) is 69.6 Å². The molecule has 1 heterocycles. The number of rotatable bonds is 2. The molecule has 1 saturated heterocycles. The maximum atomic E-state index is 11.4. The van der Waals surface area contributed by atoms with Gasteiger partial charge in [-0.3, -0.25) is 4.79 Å². The molecule has 0 aliphatic carbocycles. The Bertz CT molecular complexity index is 425. The standard InChI is InChI=1S/C12H14BrIN2O/c13-10-6-9(3-4-11(10)14)16-8-2-1-5-15-12(17)7-8/h3-4,6,8,16H,1-2,5,7H2,(H,15,17). The fourth-order valence-electron chi connectivity index (χ4n) is 1.92. The Hall–Kier alpha value is -0.300. The summed E-state index contributed by atoms with van der Waals surface area (Å²) in [4.78, 5) is 11.4. The minimum absolute atomic E-state index is 0.143. The second kappa shape index (κ2) is 6.04. The van der Waals surface area contributed by atoms with Crippen LogP contribution in [-0.4, -0.2) is 18.5 Å². The number of benzene rings is 1. The van der Waals surface area contributed by atoms with Gasteiger partial charge in [-0.1, -0.05) is 0 Å². The van der Waals surface area contributed by atoms with Gasteiger partial charge >= 0.3 is 0 Å². The van der Waals surface area contributed by atoms with Gasteiger partial charge in [-0.15, -0.1) is 0 Å². The number of hydrogen-bond acceptors (Lipinski definition) is 2. The van der Waals surface area contributed by atoms with Crippen LogP contribution in [-0.2, 0) is 4.79 Å². The molecule has 1 aliphatic rings. The number of hydrogen-bond donors (Lipinski definition) is 2. The molecule has 2 rings (SSSR count). The minimum atomic E-state index is 0.143. The summed E-state index contributed by atoms with van der Waals surface area (Å²) in [7, 11) is 0. The predicted molar refractivity (Wildman–Crippen MR) is 81.1 cm³/mol. The highest BCUT2D eigenvalue weighted by Gasteiger charge is 2.17. The molecular weight excluding hydrogens is 395 g/mol. The zero-order chi connectivity index (χ0) is 12.3. The maximum Gasteiger partial charge on any atom is 0.222 e. The van der Waals surface area contributed by atoms with E-state index in [1.807, 2.05) is 0 Å². The van der Waals surface area contributed by atoms with Crippen LogP contribution in [0, 0.1) is 3.57 Å². The molecule has 0 spiro atoms. The topological polar surface area (TPSA) is 41.1 Å². The van der Waals surface area contributed by atoms with Crippen molar-refractivity contribution in [3.8, 4) is 0 Å². The van der Waals surface area contributed by atoms with Crippen LogP contribution in [0.5, 0.6) is 0 Å². The molecule has 0 bridgehead atoms. The molecule has 1 unspecified atom stereocenters. The number of nitrogens with one attached hydrogen (secondary N) is 2. The predicted octanol–water partition coefficient (Wildman–Crippen LogP) is 3.13. The molecule has 1 atom stereocenters. The fraction of sp³-hybridized carbons (Fsp3) is 0.417. The van der Waals surface area contributed by atoms with E-state index in [4.69, 9.17) is 0 Å². The zero-order valence-corrected chi connectivity index (χ0v) is 13.0. The van der Waals surface area contributed by atoms with Crippen LogP contribution < -0.4 is 10.6 Å². The molecule has 1 aromatic rings. The van der Waals surface area contributed by atoms with E-state index in [1.165, 1.54) is 3.57 Å². The SMILES string of the molecule is O=C1CC(Nc2ccc(I)c(Br)c2)CCCN1. The highest BCUT2D eigenvalue weighted by molar-refractivity contribution is 14.1. The molecule has 3 nitrogen and oxygen atoms in total. The minimum Gasteiger partial charge on any atom is -0.382 e. The van der Waals surface area contributed by atoms with Crippen molar-refractivity contribution in [1.29, 1.82) is 0 Å². The second-order valence-corrected chi connectivity index (χ2v) is 6.18. The highest BCUT2D eigenvalue weighted by Crippen LogP contribution is 2.24. The molecule has 0 aromatic heterocycles. The van der Waals surface area contributed by atoms with E-state index in [1.54, 1.807) is 0 Å². The maximum absolute atomic E-state index is 11.4. The van der Waals surface area contributed by atoms with Crippen molar-refractivity contribution in [3.63, 3.8) is 0 Å². The normalized spacial score (nSPS) is 20.6. The Morgan fingerprint density at radius 1 is 1.47 bits per heavy atom. The van der Waals surface area contributed by atoms with Gasteiger partial charge in [0.05, 0.1) is 0 Å². The van der Waals surface area contributed by atoms with Crippen LogP contribution >= 0.6 is 38.5 Å². The van der Waals surface area contributed by atoms with Crippen molar-refractivity contribution < 1.29 is 4.79 Å². The summed E-state index contributed by atoms with van der Waals surface area (Å²) < 4.78 is 2.27. The third kappa shape index (κ3) is 3.84. The van der Waals surface area contributed by atoms with E-state index in [9.17, 15) is 4.79 Å². The van der Waals surface area contributed by atoms with Crippen molar-refractivity contribution in [2.45, 2.75) is 25.3 Å². The first kappa shape index (κ1) is 13.1. The molecule has 1 aromatic carbocycles. The van der Waals surface area contributed by atoms with Crippen LogP contribution in [0.4, 0.5) is 5.69 Å². The lowest BCUT2D eigenvalue weighted by atomic mass is 10.1. The van der Waals surface area contributed by atoms with Crippen molar-refractivity contribution in [2.24, 2.45) is 0 Å². The van der Waals surface area contributed by atoms with E-state index in [0.717, 1.165) is 29.5 Å². The molecule has 1 aliphatic heterocycles. The van der Waals surface area contributed by atoms with E-state index in [0.29, 0.717) is 6.42 Å². The molecule has 5 heteroatoms. The first-order valence-electron chi connectivity index (χ1n) is 5.63. The van der Waals surface area contributed by atoms with Gasteiger partial charge in [-0.25, -0.2) is 0 Å². The summed E-state index contributed by atoms with van der Waals surface area (Å²) in [5.41, 5.74) is 1.07. The van der Waals surface area contributed by atoms with Crippen molar-refractivity contribution in [2.75, 3.05) is 11.9 Å². The van der Waals surface area contributed by atoms with E-state index in [2.05, 4.69) is 67.4 Å². The van der Waals surface area contributed by atoms with Crippen LogP contribution in [0.15, 0.2) is 22.7 Å². The van der Waals surface area contributed by atoms with Crippen LogP contribution in [0.2, 0.25) is 0 Å². The van der Waals surface area contributed by atoms with Crippen LogP contribution in [0.1, 0.15) is 19.3 Å². The number of anilines is 1. The lowest BCUT2D eigenvalue weighted by Crippen LogP contribution is -2.26. The summed E-state index contributed by atoms with van der Waals surface area (Å²) in [5.74, 6) is 0.143. The van der Waals surface area contributed by atoms with Gasteiger partial charge < -0.3 is 10.6 Å². The second-order valence-electron chi connectivity index (χ2n) is 4.17. The van der Waals surface area contributed by atoms with E-state index >= 15 is 0 Å². The average Bonchev–Trinajstić information content (AvgIpc) is 2.48. The Morgan fingerprint density at radius 3 is 3.06 bits per heavy atom. The molecule has 1 amide bonds. The number of amides is 1. The summed E-state index contributed by atoms with van der Waals surface area (Å²) in [6, 6.07) is 6.41. The first-order valence-corrected chi connectivity index (χ1v) is 7.50. The van der Waals surface area contributed by atoms with Crippen molar-refractivity contribution >= 4 is 50.1 Å². The summed E-state index contributed by atoms with van der Waals surface area (Å²) in [6.07, 6.45) is 2.63. The Morgan fingerprint density at radius 2 is 2.29 bits per heavy atom. The molecular formula is C12H14BrIN2O. The average molecular weight is 409 g/mol. The van der Waals surface area contributed by atoms with Crippen molar-refractivity contribution in [1.82, 2.24) is 5.32 Å². The Kier molecular flexibility index (Phi) is 4.67. The molecule has 17 heavy (non-hydrogen) atoms. The molecule has 2 N–H and O–H groups in total. The monoisotopic (exact) mass is 408 g/mol. The number of carbonyl (C=O) groups excluding carboxylic acids is 1. The third-order valence-corrected chi connectivity index (χ3v) is 5.11. The zero-order valence-electron chi connectivity index (χ0n) is 9.30. The van der Waals surface area contributed by atoms with E-state index in [-0.39, 0.29) is 11.9 Å². The molecule has 0 saturated carbocycles. The highest BCUT2D eigenvalue weighted by atomic mass is 127. The first-order chi connectivity index (χ1) is 8.15. The molecule has 0 radical (unpaired) electrons. The van der Waals surface area contributed by atoms with Gasteiger partial charge in [0.2, 0.25) is 5.91 Å². The Labute approximate surface area is 123 Å². The smallest absolute Gasteiger partial charge is 0.222 e. The molecule has 92 valence electrons. The summed E-state index contributed by atoms with van der Waals surface area (Å²) in [6.45, 7) is 0.799. The van der Waals surface area contributed by atoms with E-state index < -0.39 is 0 Å². The Balaban J connectivity index is 2.03. The lowest BCUT2D eigenvalue weighted by molar-refractivity contribution is -0.120. The summed E-state index contributed by atoms with van der Waals surface area (Å²) >= 11 is 5.79. The fourth-order valence-corrected chi connectivity index (χ4v) is 2.63. The summed E-state index contributed by atoms with van der Waals surface area (Å²) in [5, 5.41) is 6.32. The molecule has 1 fully saturated rings. The quantitative estimate of drug-likeness (QED) is 0.738. The van der Waals surface area contributed by atoms with Gasteiger partial charge in [0, 0.05) is 32.7 Å². The van der Waals surface area contributed by atoms with Gasteiger partial charge in [-0.2, -0.15) is 0 Å². The van der Waals surface area contributed by atoms with Gasteiger partial charge in [0.15, 0.2) is 0 Å². The van der Waals surface area contributed by atoms with Gasteiger partial charge in [0.1, 0.15) is 0 Å². The lowest BCUT2D eigenvalue weighted by Gasteiger charge is -2.17. The van der Waals surface area contributed by atoms with Crippen LogP contribution in [0.3, 0.4) is 0 Å². The van der Waals surface area contributed by atoms with Gasteiger partial charge in [0.25, 0.3) is 0 Å². The number of halogens is 2. The number of carbonyl (C=O) groups is 1. The van der Waals surface area contributed by atoms with Crippen LogP contribution in [0.25, 0.3) is 0 Å². The van der Waals surface area contributed by atoms with Crippen molar-refractivity contribution in [3.05, 3.63) is 26.2 Å². The third-order valence-electron chi connectivity index (χ3n) is 2.77.